The van der Waals surface area contributed by atoms with E-state index in [1.807, 2.05) is 0 Å². The first-order valence-electron chi connectivity index (χ1n) is 2.74. The Morgan fingerprint density at radius 3 is 2.50 bits per heavy atom. The smallest absolute Gasteiger partial charge is 0.378 e. The first-order chi connectivity index (χ1) is 4.66. The molecule has 0 unspecified atom stereocenters. The first kappa shape index (κ1) is 10.5. The monoisotopic (exact) mass is 198 g/mol. The molecule has 0 radical (unpaired) electrons. The summed E-state index contributed by atoms with van der Waals surface area (Å²) in [5.41, 5.74) is 0. The first-order valence-corrected chi connectivity index (χ1v) is 6.29. The Hall–Kier alpha value is 0.520. The number of carbonyl (C=O) groups is 1. The summed E-state index contributed by atoms with van der Waals surface area (Å²) in [6, 6.07) is 0. The summed E-state index contributed by atoms with van der Waals surface area (Å²) < 4.78 is 4.42. The van der Waals surface area contributed by atoms with Crippen LogP contribution >= 0.6 is 31.4 Å². The minimum absolute atomic E-state index is 0.238. The number of methoxy groups -OCH3 is 1. The Labute approximate surface area is 72.6 Å². The van der Waals surface area contributed by atoms with Crippen molar-refractivity contribution in [3.8, 4) is 0 Å². The largest absolute Gasteiger partial charge is 0.460 e. The van der Waals surface area contributed by atoms with Crippen LogP contribution < -0.4 is 0 Å². The minimum Gasteiger partial charge on any atom is -0.460 e. The van der Waals surface area contributed by atoms with Crippen molar-refractivity contribution in [3.05, 3.63) is 0 Å². The van der Waals surface area contributed by atoms with Crippen molar-refractivity contribution in [3.63, 3.8) is 0 Å². The lowest BCUT2D eigenvalue weighted by atomic mass is 10.6. The van der Waals surface area contributed by atoms with E-state index in [9.17, 15) is 4.79 Å². The fraction of sp³-hybridized carbons (Fsp3) is 0.800. The molecule has 2 nitrogen and oxygen atoms in total. The van der Waals surface area contributed by atoms with Crippen molar-refractivity contribution in [1.82, 2.24) is 0 Å². The van der Waals surface area contributed by atoms with Crippen LogP contribution in [0.1, 0.15) is 13.8 Å². The van der Waals surface area contributed by atoms with Gasteiger partial charge in [0.05, 0.1) is 7.11 Å². The molecule has 0 amide bonds. The highest BCUT2D eigenvalue weighted by Crippen LogP contribution is 2.38. The van der Waals surface area contributed by atoms with E-state index in [2.05, 4.69) is 18.6 Å². The van der Waals surface area contributed by atoms with E-state index in [-0.39, 0.29) is 5.30 Å². The highest BCUT2D eigenvalue weighted by molar-refractivity contribution is 9.12. The van der Waals surface area contributed by atoms with Crippen molar-refractivity contribution < 1.29 is 9.53 Å². The minimum atomic E-state index is -0.238. The van der Waals surface area contributed by atoms with Crippen molar-refractivity contribution in [2.75, 3.05) is 7.11 Å². The van der Waals surface area contributed by atoms with E-state index in [1.54, 1.807) is 10.8 Å². The van der Waals surface area contributed by atoms with Gasteiger partial charge in [-0.05, 0) is 9.83 Å². The van der Waals surface area contributed by atoms with Gasteiger partial charge in [0.15, 0.2) is 0 Å². The molecule has 0 heterocycles. The van der Waals surface area contributed by atoms with Gasteiger partial charge in [-0.25, -0.2) is 4.79 Å². The van der Waals surface area contributed by atoms with Gasteiger partial charge in [0.25, 0.3) is 0 Å². The van der Waals surface area contributed by atoms with E-state index >= 15 is 0 Å². The van der Waals surface area contributed by atoms with Crippen LogP contribution in [0.3, 0.4) is 0 Å². The second-order valence-corrected chi connectivity index (χ2v) is 6.23. The highest BCUT2D eigenvalue weighted by atomic mass is 33.5. The molecule has 0 aromatic rings. The van der Waals surface area contributed by atoms with E-state index in [0.717, 1.165) is 10.8 Å². The molecule has 0 aromatic heterocycles. The van der Waals surface area contributed by atoms with E-state index in [4.69, 9.17) is 0 Å². The average Bonchev–Trinajstić information content (AvgIpc) is 1.87. The number of hydrogen-bond donors (Lipinski definition) is 0. The summed E-state index contributed by atoms with van der Waals surface area (Å²) in [6.45, 7) is 4.16. The molecule has 10 heavy (non-hydrogen) atoms. The standard InChI is InChI=1S/C5H10O2S3/c1-4(2)8-10-9-5(6)7-3/h4H,1-3H3. The van der Waals surface area contributed by atoms with Gasteiger partial charge in [0.2, 0.25) is 0 Å². The molecule has 0 aliphatic carbocycles. The van der Waals surface area contributed by atoms with Gasteiger partial charge in [-0.1, -0.05) is 24.6 Å². The van der Waals surface area contributed by atoms with Gasteiger partial charge in [0, 0.05) is 16.0 Å². The summed E-state index contributed by atoms with van der Waals surface area (Å²) in [6.07, 6.45) is 0. The van der Waals surface area contributed by atoms with Gasteiger partial charge in [-0.15, -0.1) is 0 Å². The van der Waals surface area contributed by atoms with Crippen molar-refractivity contribution in [2.45, 2.75) is 19.1 Å². The number of rotatable bonds is 3. The molecule has 0 aliphatic rings. The van der Waals surface area contributed by atoms with Gasteiger partial charge in [0.1, 0.15) is 0 Å². The van der Waals surface area contributed by atoms with E-state index in [1.165, 1.54) is 16.9 Å². The van der Waals surface area contributed by atoms with Crippen LogP contribution in [0.4, 0.5) is 4.79 Å². The second-order valence-electron chi connectivity index (χ2n) is 1.75. The fourth-order valence-corrected chi connectivity index (χ4v) is 3.71. The SMILES string of the molecule is COC(=O)SSSC(C)C. The van der Waals surface area contributed by atoms with Crippen LogP contribution in [-0.4, -0.2) is 17.7 Å². The van der Waals surface area contributed by atoms with Crippen LogP contribution in [0.5, 0.6) is 0 Å². The predicted molar refractivity (Wildman–Crippen MR) is 50.3 cm³/mol. The maximum absolute atomic E-state index is 10.5. The molecule has 0 atom stereocenters. The highest BCUT2D eigenvalue weighted by Gasteiger charge is 2.02. The third kappa shape index (κ3) is 6.64. The molecule has 0 fully saturated rings. The van der Waals surface area contributed by atoms with Crippen molar-refractivity contribution in [1.29, 1.82) is 0 Å². The third-order valence-electron chi connectivity index (χ3n) is 0.500. The van der Waals surface area contributed by atoms with Gasteiger partial charge in [-0.2, -0.15) is 0 Å². The molecule has 0 aromatic carbocycles. The summed E-state index contributed by atoms with van der Waals surface area (Å²) in [4.78, 5) is 10.5. The summed E-state index contributed by atoms with van der Waals surface area (Å²) in [7, 11) is 5.61. The predicted octanol–water partition coefficient (Wildman–Crippen LogP) is 3.19. The van der Waals surface area contributed by atoms with Gasteiger partial charge >= 0.3 is 5.30 Å². The topological polar surface area (TPSA) is 26.3 Å². The lowest BCUT2D eigenvalue weighted by molar-refractivity contribution is 0.200. The molecule has 60 valence electrons. The van der Waals surface area contributed by atoms with Crippen LogP contribution in [-0.2, 0) is 4.74 Å². The Morgan fingerprint density at radius 1 is 1.50 bits per heavy atom. The zero-order valence-electron chi connectivity index (χ0n) is 6.12. The molecule has 0 aliphatic heterocycles. The Balaban J connectivity index is 3.12. The van der Waals surface area contributed by atoms with Crippen LogP contribution in [0.15, 0.2) is 0 Å². The quantitative estimate of drug-likeness (QED) is 0.512. The van der Waals surface area contributed by atoms with E-state index in [0.29, 0.717) is 5.25 Å². The Bertz CT molecular complexity index is 105. The second kappa shape index (κ2) is 6.24. The molecule has 0 N–H and O–H groups in total. The summed E-state index contributed by atoms with van der Waals surface area (Å²) in [5.74, 6) is 0. The van der Waals surface area contributed by atoms with Gasteiger partial charge < -0.3 is 4.74 Å². The van der Waals surface area contributed by atoms with Crippen LogP contribution in [0, 0.1) is 0 Å². The normalized spacial score (nSPS) is 10.0. The lowest BCUT2D eigenvalue weighted by Crippen LogP contribution is -1.86. The zero-order valence-corrected chi connectivity index (χ0v) is 8.57. The van der Waals surface area contributed by atoms with Gasteiger partial charge in [-0.3, -0.25) is 0 Å². The third-order valence-corrected chi connectivity index (χ3v) is 4.66. The molecule has 0 saturated carbocycles. The summed E-state index contributed by atoms with van der Waals surface area (Å²) >= 11 is 0. The Morgan fingerprint density at radius 2 is 2.10 bits per heavy atom. The molecular weight excluding hydrogens is 188 g/mol. The number of hydrogen-bond acceptors (Lipinski definition) is 5. The zero-order chi connectivity index (χ0) is 7.98. The number of ether oxygens (including phenoxy) is 1. The molecule has 0 bridgehead atoms. The molecule has 0 spiro atoms. The van der Waals surface area contributed by atoms with Crippen LogP contribution in [0.25, 0.3) is 0 Å². The lowest BCUT2D eigenvalue weighted by Gasteiger charge is -1.99. The van der Waals surface area contributed by atoms with Crippen molar-refractivity contribution in [2.24, 2.45) is 0 Å². The molecular formula is C5H10O2S3. The molecule has 0 saturated heterocycles. The molecule has 0 rings (SSSR count). The average molecular weight is 198 g/mol. The summed E-state index contributed by atoms with van der Waals surface area (Å²) in [5, 5.41) is 0.306. The van der Waals surface area contributed by atoms with Crippen LogP contribution in [0.2, 0.25) is 0 Å². The van der Waals surface area contributed by atoms with Crippen molar-refractivity contribution >= 4 is 36.7 Å². The fourth-order valence-electron chi connectivity index (χ4n) is 0.160. The Kier molecular flexibility index (Phi) is 6.57. The van der Waals surface area contributed by atoms with E-state index < -0.39 is 0 Å². The number of carbonyl (C=O) groups excluding carboxylic acids is 1. The maximum Gasteiger partial charge on any atom is 0.378 e. The maximum atomic E-state index is 10.5. The molecule has 5 heteroatoms.